The number of fused-ring (bicyclic) bond motifs is 1. The van der Waals surface area contributed by atoms with Crippen LogP contribution in [0.25, 0.3) is 11.7 Å². The number of hydrogen-bond donors (Lipinski definition) is 0. The van der Waals surface area contributed by atoms with Crippen LogP contribution < -0.4 is 0 Å². The van der Waals surface area contributed by atoms with Crippen molar-refractivity contribution in [2.75, 3.05) is 13.1 Å². The standard InChI is InChI=1S/C20H19ClN4O/c21-17-9-6-15(7-10-17)8-11-19(26)24-12-3-4-16(14-24)20-23-22-18-5-1-2-13-25(18)20/h1-2,5-11,13,16H,3-4,12,14H2/b11-8+. The average Bonchev–Trinajstić information content (AvgIpc) is 3.11. The maximum atomic E-state index is 12.6. The van der Waals surface area contributed by atoms with E-state index in [0.717, 1.165) is 36.4 Å². The zero-order valence-electron chi connectivity index (χ0n) is 14.3. The molecule has 1 fully saturated rings. The van der Waals surface area contributed by atoms with E-state index in [1.54, 1.807) is 6.08 Å². The van der Waals surface area contributed by atoms with Crippen LogP contribution in [0.15, 0.2) is 54.7 Å². The van der Waals surface area contributed by atoms with Crippen molar-refractivity contribution in [3.8, 4) is 0 Å². The molecule has 0 bridgehead atoms. The number of carbonyl (C=O) groups is 1. The Kier molecular flexibility index (Phi) is 4.71. The molecule has 0 N–H and O–H groups in total. The highest BCUT2D eigenvalue weighted by molar-refractivity contribution is 6.30. The van der Waals surface area contributed by atoms with E-state index in [4.69, 9.17) is 11.6 Å². The first-order valence-corrected chi connectivity index (χ1v) is 9.11. The van der Waals surface area contributed by atoms with E-state index >= 15 is 0 Å². The SMILES string of the molecule is O=C(/C=C/c1ccc(Cl)cc1)N1CCCC(c2nnc3ccccn23)C1. The zero-order chi connectivity index (χ0) is 17.9. The maximum absolute atomic E-state index is 12.6. The first-order chi connectivity index (χ1) is 12.7. The maximum Gasteiger partial charge on any atom is 0.246 e. The van der Waals surface area contributed by atoms with Gasteiger partial charge < -0.3 is 4.90 Å². The molecule has 1 aliphatic heterocycles. The van der Waals surface area contributed by atoms with Gasteiger partial charge >= 0.3 is 0 Å². The quantitative estimate of drug-likeness (QED) is 0.662. The summed E-state index contributed by atoms with van der Waals surface area (Å²) in [7, 11) is 0. The lowest BCUT2D eigenvalue weighted by Gasteiger charge is -2.31. The number of piperidine rings is 1. The van der Waals surface area contributed by atoms with E-state index in [1.165, 1.54) is 0 Å². The van der Waals surface area contributed by atoms with Gasteiger partial charge in [0.25, 0.3) is 0 Å². The molecule has 5 nitrogen and oxygen atoms in total. The van der Waals surface area contributed by atoms with Crippen LogP contribution in [-0.2, 0) is 4.79 Å². The lowest BCUT2D eigenvalue weighted by Crippen LogP contribution is -2.38. The summed E-state index contributed by atoms with van der Waals surface area (Å²) >= 11 is 5.89. The van der Waals surface area contributed by atoms with Crippen molar-refractivity contribution < 1.29 is 4.79 Å². The number of pyridine rings is 1. The predicted octanol–water partition coefficient (Wildman–Crippen LogP) is 3.80. The topological polar surface area (TPSA) is 50.5 Å². The first-order valence-electron chi connectivity index (χ1n) is 8.73. The number of likely N-dealkylation sites (tertiary alicyclic amines) is 1. The average molecular weight is 367 g/mol. The Morgan fingerprint density at radius 1 is 1.15 bits per heavy atom. The molecule has 3 aromatic rings. The van der Waals surface area contributed by atoms with Crippen molar-refractivity contribution in [1.29, 1.82) is 0 Å². The van der Waals surface area contributed by atoms with E-state index < -0.39 is 0 Å². The van der Waals surface area contributed by atoms with Crippen LogP contribution in [0, 0.1) is 0 Å². The van der Waals surface area contributed by atoms with Crippen molar-refractivity contribution in [1.82, 2.24) is 19.5 Å². The van der Waals surface area contributed by atoms with Crippen LogP contribution in [0.1, 0.15) is 30.1 Å². The van der Waals surface area contributed by atoms with E-state index in [1.807, 2.05) is 64.0 Å². The Balaban J connectivity index is 1.47. The highest BCUT2D eigenvalue weighted by Gasteiger charge is 2.26. The molecule has 132 valence electrons. The largest absolute Gasteiger partial charge is 0.338 e. The molecule has 0 saturated carbocycles. The molecule has 0 aliphatic carbocycles. The first kappa shape index (κ1) is 16.8. The Hall–Kier alpha value is -2.66. The highest BCUT2D eigenvalue weighted by atomic mass is 35.5. The predicted molar refractivity (Wildman–Crippen MR) is 102 cm³/mol. The monoisotopic (exact) mass is 366 g/mol. The highest BCUT2D eigenvalue weighted by Crippen LogP contribution is 2.26. The van der Waals surface area contributed by atoms with Crippen LogP contribution in [0.3, 0.4) is 0 Å². The number of nitrogens with zero attached hydrogens (tertiary/aromatic N) is 4. The molecular formula is C20H19ClN4O. The fraction of sp³-hybridized carbons (Fsp3) is 0.250. The fourth-order valence-electron chi connectivity index (χ4n) is 3.37. The van der Waals surface area contributed by atoms with Crippen molar-refractivity contribution in [2.24, 2.45) is 0 Å². The third-order valence-electron chi connectivity index (χ3n) is 4.73. The van der Waals surface area contributed by atoms with Gasteiger partial charge in [-0.25, -0.2) is 0 Å². The van der Waals surface area contributed by atoms with E-state index in [9.17, 15) is 4.79 Å². The van der Waals surface area contributed by atoms with E-state index in [2.05, 4.69) is 10.2 Å². The molecule has 1 atom stereocenters. The molecule has 26 heavy (non-hydrogen) atoms. The summed E-state index contributed by atoms with van der Waals surface area (Å²) in [6.45, 7) is 1.44. The van der Waals surface area contributed by atoms with Gasteiger partial charge in [-0.2, -0.15) is 0 Å². The molecule has 2 aromatic heterocycles. The molecule has 1 aromatic carbocycles. The number of aromatic nitrogens is 3. The lowest BCUT2D eigenvalue weighted by molar-refractivity contribution is -0.127. The van der Waals surface area contributed by atoms with Crippen molar-refractivity contribution >= 4 is 29.2 Å². The van der Waals surface area contributed by atoms with Crippen LogP contribution in [-0.4, -0.2) is 38.5 Å². The minimum Gasteiger partial charge on any atom is -0.338 e. The van der Waals surface area contributed by atoms with E-state index in [0.29, 0.717) is 11.6 Å². The van der Waals surface area contributed by atoms with Crippen molar-refractivity contribution in [3.63, 3.8) is 0 Å². The summed E-state index contributed by atoms with van der Waals surface area (Å²) in [5.41, 5.74) is 1.80. The molecule has 1 saturated heterocycles. The third kappa shape index (κ3) is 3.48. The molecule has 0 radical (unpaired) electrons. The Morgan fingerprint density at radius 3 is 2.85 bits per heavy atom. The van der Waals surface area contributed by atoms with Gasteiger partial charge in [-0.15, -0.1) is 10.2 Å². The zero-order valence-corrected chi connectivity index (χ0v) is 15.0. The second-order valence-corrected chi connectivity index (χ2v) is 6.93. The van der Waals surface area contributed by atoms with Crippen LogP contribution in [0.2, 0.25) is 5.02 Å². The molecule has 4 rings (SSSR count). The van der Waals surface area contributed by atoms with Gasteiger partial charge in [0.05, 0.1) is 0 Å². The summed E-state index contributed by atoms with van der Waals surface area (Å²) in [5, 5.41) is 9.28. The number of halogens is 1. The van der Waals surface area contributed by atoms with Crippen LogP contribution >= 0.6 is 11.6 Å². The molecule has 3 heterocycles. The van der Waals surface area contributed by atoms with Gasteiger partial charge in [-0.05, 0) is 48.7 Å². The van der Waals surface area contributed by atoms with Crippen molar-refractivity contribution in [2.45, 2.75) is 18.8 Å². The Labute approximate surface area is 156 Å². The number of hydrogen-bond acceptors (Lipinski definition) is 3. The van der Waals surface area contributed by atoms with Crippen LogP contribution in [0.5, 0.6) is 0 Å². The molecular weight excluding hydrogens is 348 g/mol. The van der Waals surface area contributed by atoms with Gasteiger partial charge in [-0.3, -0.25) is 9.20 Å². The van der Waals surface area contributed by atoms with E-state index in [-0.39, 0.29) is 11.8 Å². The summed E-state index contributed by atoms with van der Waals surface area (Å²) in [4.78, 5) is 14.5. The molecule has 1 aliphatic rings. The fourth-order valence-corrected chi connectivity index (χ4v) is 3.50. The van der Waals surface area contributed by atoms with Crippen LogP contribution in [0.4, 0.5) is 0 Å². The van der Waals surface area contributed by atoms with Gasteiger partial charge in [0.1, 0.15) is 5.82 Å². The molecule has 1 amide bonds. The number of rotatable bonds is 3. The van der Waals surface area contributed by atoms with Gasteiger partial charge in [0.15, 0.2) is 5.65 Å². The normalized spacial score (nSPS) is 17.9. The minimum absolute atomic E-state index is 0.0264. The lowest BCUT2D eigenvalue weighted by atomic mass is 9.97. The summed E-state index contributed by atoms with van der Waals surface area (Å²) in [6.07, 6.45) is 7.42. The summed E-state index contributed by atoms with van der Waals surface area (Å²) in [5.74, 6) is 1.16. The van der Waals surface area contributed by atoms with Gasteiger partial charge in [0.2, 0.25) is 5.91 Å². The second kappa shape index (κ2) is 7.30. The molecule has 1 unspecified atom stereocenters. The van der Waals surface area contributed by atoms with Crippen molar-refractivity contribution in [3.05, 3.63) is 71.1 Å². The second-order valence-electron chi connectivity index (χ2n) is 6.50. The van der Waals surface area contributed by atoms with Gasteiger partial charge in [-0.1, -0.05) is 29.8 Å². The molecule has 6 heteroatoms. The summed E-state index contributed by atoms with van der Waals surface area (Å²) in [6, 6.07) is 13.3. The van der Waals surface area contributed by atoms with Gasteiger partial charge in [0, 0.05) is 36.3 Å². The number of carbonyl (C=O) groups excluding carboxylic acids is 1. The minimum atomic E-state index is 0.0264. The number of benzene rings is 1. The third-order valence-corrected chi connectivity index (χ3v) is 4.98. The Morgan fingerprint density at radius 2 is 2.00 bits per heavy atom. The summed E-state index contributed by atoms with van der Waals surface area (Å²) < 4.78 is 2.02. The smallest absolute Gasteiger partial charge is 0.246 e. The Bertz CT molecular complexity index is 948. The molecule has 0 spiro atoms. The number of amides is 1.